The lowest BCUT2D eigenvalue weighted by Gasteiger charge is -2.64. The normalized spacial score (nSPS) is 51.9. The van der Waals surface area contributed by atoms with Crippen LogP contribution in [-0.4, -0.2) is 28.5 Å². The van der Waals surface area contributed by atoms with Crippen molar-refractivity contribution in [1.82, 2.24) is 0 Å². The molecule has 11 atom stereocenters. The van der Waals surface area contributed by atoms with Gasteiger partial charge in [0.1, 0.15) is 0 Å². The molecule has 4 fully saturated rings. The molecule has 0 spiro atoms. The summed E-state index contributed by atoms with van der Waals surface area (Å²) in [4.78, 5) is 0. The van der Waals surface area contributed by atoms with E-state index in [0.29, 0.717) is 23.2 Å². The number of hydrogen-bond donors (Lipinski definition) is 3. The second kappa shape index (κ2) is 8.34. The van der Waals surface area contributed by atoms with E-state index in [0.717, 1.165) is 37.0 Å². The van der Waals surface area contributed by atoms with Gasteiger partial charge in [-0.1, -0.05) is 53.9 Å². The molecule has 0 saturated heterocycles. The first-order valence-electron chi connectivity index (χ1n) is 13.2. The van der Waals surface area contributed by atoms with Crippen molar-refractivity contribution in [2.75, 3.05) is 0 Å². The topological polar surface area (TPSA) is 66.5 Å². The number of aliphatic hydroxyl groups excluding tert-OH is 2. The molecule has 30 heavy (non-hydrogen) atoms. The van der Waals surface area contributed by atoms with Gasteiger partial charge in [0.05, 0.1) is 12.2 Å². The van der Waals surface area contributed by atoms with Crippen molar-refractivity contribution in [2.45, 2.75) is 117 Å². The van der Waals surface area contributed by atoms with Crippen LogP contribution in [0.15, 0.2) is 0 Å². The third kappa shape index (κ3) is 3.59. The lowest BCUT2D eigenvalue weighted by atomic mass is 9.42. The van der Waals surface area contributed by atoms with E-state index in [-0.39, 0.29) is 23.5 Å². The molecule has 0 amide bonds. The third-order valence-corrected chi connectivity index (χ3v) is 11.0. The van der Waals surface area contributed by atoms with Gasteiger partial charge in [-0.2, -0.15) is 0 Å². The summed E-state index contributed by atoms with van der Waals surface area (Å²) >= 11 is 0. The van der Waals surface area contributed by atoms with Crippen molar-refractivity contribution < 1.29 is 10.2 Å². The molecular formula is C27H49NO2. The molecule has 3 nitrogen and oxygen atoms in total. The van der Waals surface area contributed by atoms with Crippen LogP contribution in [0.2, 0.25) is 0 Å². The average molecular weight is 420 g/mol. The van der Waals surface area contributed by atoms with Crippen molar-refractivity contribution in [1.29, 1.82) is 0 Å². The highest BCUT2D eigenvalue weighted by atomic mass is 16.3. The van der Waals surface area contributed by atoms with Crippen LogP contribution in [-0.2, 0) is 0 Å². The summed E-state index contributed by atoms with van der Waals surface area (Å²) in [5.74, 6) is 4.24. The molecule has 0 aromatic heterocycles. The van der Waals surface area contributed by atoms with Gasteiger partial charge in [0.25, 0.3) is 0 Å². The van der Waals surface area contributed by atoms with Crippen LogP contribution in [0.4, 0.5) is 0 Å². The molecular weight excluding hydrogens is 370 g/mol. The van der Waals surface area contributed by atoms with Crippen LogP contribution in [0.25, 0.3) is 0 Å². The third-order valence-electron chi connectivity index (χ3n) is 11.0. The Morgan fingerprint density at radius 3 is 2.23 bits per heavy atom. The van der Waals surface area contributed by atoms with E-state index in [1.165, 1.54) is 44.9 Å². The molecule has 4 saturated carbocycles. The molecule has 0 heterocycles. The Hall–Kier alpha value is -0.120. The van der Waals surface area contributed by atoms with E-state index in [1.807, 2.05) is 0 Å². The quantitative estimate of drug-likeness (QED) is 0.561. The zero-order valence-electron chi connectivity index (χ0n) is 20.3. The van der Waals surface area contributed by atoms with Crippen molar-refractivity contribution in [2.24, 2.45) is 58.0 Å². The first-order chi connectivity index (χ1) is 14.1. The van der Waals surface area contributed by atoms with Gasteiger partial charge in [-0.05, 0) is 97.2 Å². The van der Waals surface area contributed by atoms with Gasteiger partial charge in [-0.15, -0.1) is 0 Å². The zero-order valence-corrected chi connectivity index (χ0v) is 20.3. The minimum absolute atomic E-state index is 0.170. The zero-order chi connectivity index (χ0) is 21.8. The maximum atomic E-state index is 11.5. The standard InChI is InChI=1S/C27H49NO2/c1-16(2)7-6-8-17(3)19-9-10-20-23-21(12-14-26(19,20)4)27(5)13-11-18(29)15-22(27)24(28)25(23)30/h16-25,29-30H,6-15,28H2,1-5H3/t17-,18?,19-,20+,21+,22?,23+,24?,25?,26-,27-/m1/s1. The van der Waals surface area contributed by atoms with Crippen LogP contribution in [0.3, 0.4) is 0 Å². The predicted octanol–water partition coefficient (Wildman–Crippen LogP) is 5.38. The number of fused-ring (bicyclic) bond motifs is 5. The van der Waals surface area contributed by atoms with Crippen molar-refractivity contribution in [3.05, 3.63) is 0 Å². The fraction of sp³-hybridized carbons (Fsp3) is 1.00. The first-order valence-corrected chi connectivity index (χ1v) is 13.2. The summed E-state index contributed by atoms with van der Waals surface area (Å²) < 4.78 is 0. The van der Waals surface area contributed by atoms with Crippen molar-refractivity contribution in [3.63, 3.8) is 0 Å². The SMILES string of the molecule is CC(C)CCC[C@@H](C)[C@H]1CC[C@H]2[C@@H]3C(O)C(N)C4CC(O)CC[C@]4(C)[C@H]3CC[C@]12C. The number of nitrogens with two attached hydrogens (primary N) is 1. The summed E-state index contributed by atoms with van der Waals surface area (Å²) in [5.41, 5.74) is 7.31. The number of rotatable bonds is 5. The lowest BCUT2D eigenvalue weighted by Crippen LogP contribution is -2.66. The summed E-state index contributed by atoms with van der Waals surface area (Å²) in [5, 5.41) is 21.8. The average Bonchev–Trinajstić information content (AvgIpc) is 3.04. The highest BCUT2D eigenvalue weighted by Gasteiger charge is 2.64. The molecule has 4 aliphatic carbocycles. The monoisotopic (exact) mass is 419 g/mol. The molecule has 4 aliphatic rings. The van der Waals surface area contributed by atoms with Gasteiger partial charge in [-0.3, -0.25) is 0 Å². The van der Waals surface area contributed by atoms with Crippen LogP contribution >= 0.6 is 0 Å². The van der Waals surface area contributed by atoms with Gasteiger partial charge in [0.2, 0.25) is 0 Å². The molecule has 0 aliphatic heterocycles. The Morgan fingerprint density at radius 2 is 1.53 bits per heavy atom. The summed E-state index contributed by atoms with van der Waals surface area (Å²) in [6, 6.07) is -0.170. The maximum absolute atomic E-state index is 11.5. The van der Waals surface area contributed by atoms with E-state index < -0.39 is 6.10 Å². The largest absolute Gasteiger partial charge is 0.393 e. The van der Waals surface area contributed by atoms with Crippen LogP contribution in [0, 0.1) is 52.3 Å². The summed E-state index contributed by atoms with van der Waals surface area (Å²) in [6.45, 7) is 12.2. The van der Waals surface area contributed by atoms with E-state index >= 15 is 0 Å². The fourth-order valence-corrected chi connectivity index (χ4v) is 9.36. The van der Waals surface area contributed by atoms with Crippen LogP contribution in [0.5, 0.6) is 0 Å². The summed E-state index contributed by atoms with van der Waals surface area (Å²) in [7, 11) is 0. The molecule has 4 N–H and O–H groups in total. The minimum Gasteiger partial charge on any atom is -0.393 e. The Balaban J connectivity index is 1.54. The van der Waals surface area contributed by atoms with Crippen molar-refractivity contribution >= 4 is 0 Å². The number of aliphatic hydroxyl groups is 2. The second-order valence-corrected chi connectivity index (χ2v) is 12.9. The van der Waals surface area contributed by atoms with E-state index in [4.69, 9.17) is 5.73 Å². The second-order valence-electron chi connectivity index (χ2n) is 12.9. The smallest absolute Gasteiger partial charge is 0.0727 e. The number of hydrogen-bond acceptors (Lipinski definition) is 3. The molecule has 3 heteroatoms. The maximum Gasteiger partial charge on any atom is 0.0727 e. The molecule has 0 aromatic rings. The van der Waals surface area contributed by atoms with Crippen LogP contribution < -0.4 is 5.73 Å². The molecule has 0 aromatic carbocycles. The van der Waals surface area contributed by atoms with Crippen LogP contribution in [0.1, 0.15) is 98.8 Å². The lowest BCUT2D eigenvalue weighted by molar-refractivity contribution is -0.183. The van der Waals surface area contributed by atoms with Gasteiger partial charge < -0.3 is 15.9 Å². The fourth-order valence-electron chi connectivity index (χ4n) is 9.36. The van der Waals surface area contributed by atoms with Gasteiger partial charge in [0.15, 0.2) is 0 Å². The Labute approximate surface area is 185 Å². The molecule has 0 bridgehead atoms. The highest BCUT2D eigenvalue weighted by Crippen LogP contribution is 2.68. The van der Waals surface area contributed by atoms with Gasteiger partial charge in [0, 0.05) is 6.04 Å². The Kier molecular flexibility index (Phi) is 6.41. The van der Waals surface area contributed by atoms with Gasteiger partial charge >= 0.3 is 0 Å². The molecule has 0 radical (unpaired) electrons. The predicted molar refractivity (Wildman–Crippen MR) is 124 cm³/mol. The Bertz CT molecular complexity index is 608. The minimum atomic E-state index is -0.391. The molecule has 4 unspecified atom stereocenters. The van der Waals surface area contributed by atoms with Crippen molar-refractivity contribution in [3.8, 4) is 0 Å². The molecule has 174 valence electrons. The van der Waals surface area contributed by atoms with Gasteiger partial charge in [-0.25, -0.2) is 0 Å². The summed E-state index contributed by atoms with van der Waals surface area (Å²) in [6.07, 6.45) is 11.4. The van der Waals surface area contributed by atoms with E-state index in [9.17, 15) is 10.2 Å². The Morgan fingerprint density at radius 1 is 0.867 bits per heavy atom. The first kappa shape index (κ1) is 23.1. The van der Waals surface area contributed by atoms with E-state index in [2.05, 4.69) is 34.6 Å². The highest BCUT2D eigenvalue weighted by molar-refractivity contribution is 5.14. The van der Waals surface area contributed by atoms with E-state index in [1.54, 1.807) is 0 Å². The molecule has 4 rings (SSSR count).